The minimum absolute atomic E-state index is 0.166. The van der Waals surface area contributed by atoms with E-state index in [0.29, 0.717) is 15.9 Å². The largest absolute Gasteiger partial charge is 0.473 e. The molecule has 0 atom stereocenters. The Morgan fingerprint density at radius 3 is 2.44 bits per heavy atom. The molecule has 0 radical (unpaired) electrons. The highest BCUT2D eigenvalue weighted by atomic mass is 32.1. The molecule has 8 heteroatoms. The molecule has 1 N–H and O–H groups in total. The fourth-order valence-electron chi connectivity index (χ4n) is 2.96. The number of benzene rings is 2. The third-order valence-electron chi connectivity index (χ3n) is 4.23. The number of methoxy groups -OCH3 is 1. The second-order valence-corrected chi connectivity index (χ2v) is 8.28. The Morgan fingerprint density at radius 1 is 1.07 bits per heavy atom. The Morgan fingerprint density at radius 2 is 1.78 bits per heavy atom. The molecule has 0 aliphatic carbocycles. The number of hydrogen-bond donors (Lipinski definition) is 1. The summed E-state index contributed by atoms with van der Waals surface area (Å²) in [7, 11) is 5.58. The van der Waals surface area contributed by atoms with E-state index in [-0.39, 0.29) is 5.91 Å². The lowest BCUT2D eigenvalue weighted by molar-refractivity contribution is 0.102. The van der Waals surface area contributed by atoms with Crippen molar-refractivity contribution < 1.29 is 9.53 Å². The van der Waals surface area contributed by atoms with Crippen LogP contribution in [0, 0.1) is 6.92 Å². The van der Waals surface area contributed by atoms with Crippen LogP contribution in [0.4, 0.5) is 10.8 Å². The first-order valence-corrected chi connectivity index (χ1v) is 9.93. The molecule has 0 bridgehead atoms. The second kappa shape index (κ2) is 6.79. The van der Waals surface area contributed by atoms with Crippen LogP contribution in [-0.4, -0.2) is 37.1 Å². The first-order chi connectivity index (χ1) is 13.0. The van der Waals surface area contributed by atoms with E-state index in [1.165, 1.54) is 22.7 Å². The maximum absolute atomic E-state index is 12.7. The van der Waals surface area contributed by atoms with Crippen LogP contribution in [0.3, 0.4) is 0 Å². The number of nitrogens with zero attached hydrogens (tertiary/aromatic N) is 3. The van der Waals surface area contributed by atoms with Gasteiger partial charge in [0.25, 0.3) is 11.1 Å². The van der Waals surface area contributed by atoms with Crippen molar-refractivity contribution in [2.45, 2.75) is 6.92 Å². The smallest absolute Gasteiger partial charge is 0.274 e. The molecule has 2 heterocycles. The number of aromatic nitrogens is 2. The van der Waals surface area contributed by atoms with Crippen molar-refractivity contribution in [3.8, 4) is 5.19 Å². The van der Waals surface area contributed by atoms with Gasteiger partial charge in [-0.2, -0.15) is 0 Å². The topological polar surface area (TPSA) is 67.4 Å². The van der Waals surface area contributed by atoms with Crippen molar-refractivity contribution in [3.63, 3.8) is 0 Å². The molecule has 1 amide bonds. The van der Waals surface area contributed by atoms with Gasteiger partial charge in [-0.05, 0) is 42.8 Å². The number of aryl methyl sites for hydroxylation is 1. The quantitative estimate of drug-likeness (QED) is 0.547. The van der Waals surface area contributed by atoms with Crippen molar-refractivity contribution >= 4 is 59.8 Å². The van der Waals surface area contributed by atoms with Gasteiger partial charge in [-0.1, -0.05) is 22.7 Å². The molecule has 0 aliphatic heterocycles. The van der Waals surface area contributed by atoms with Gasteiger partial charge in [0, 0.05) is 25.3 Å². The fourth-order valence-corrected chi connectivity index (χ4v) is 4.93. The number of carbonyl (C=O) groups excluding carboxylic acids is 1. The predicted octanol–water partition coefficient (Wildman–Crippen LogP) is 4.54. The molecule has 4 aromatic rings. The van der Waals surface area contributed by atoms with Crippen LogP contribution in [0.1, 0.15) is 15.9 Å². The molecule has 6 nitrogen and oxygen atoms in total. The summed E-state index contributed by atoms with van der Waals surface area (Å²) in [4.78, 5) is 23.6. The Balaban J connectivity index is 1.65. The standard InChI is InChI=1S/C19H18N4O2S2/c1-10-9-11(5-8-14(10)23(2)3)17(24)22-18-20-12-6-7-13-16(15(12)26-18)27-19(21-13)25-4/h5-9H,1-4H3,(H,20,22,24). The summed E-state index contributed by atoms with van der Waals surface area (Å²) in [6.45, 7) is 2.00. The van der Waals surface area contributed by atoms with E-state index < -0.39 is 0 Å². The molecule has 0 fully saturated rings. The van der Waals surface area contributed by atoms with Gasteiger partial charge in [0.15, 0.2) is 5.13 Å². The molecular weight excluding hydrogens is 380 g/mol. The molecule has 0 unspecified atom stereocenters. The second-order valence-electron chi connectivity index (χ2n) is 6.31. The Kier molecular flexibility index (Phi) is 4.45. The van der Waals surface area contributed by atoms with Crippen molar-refractivity contribution in [1.82, 2.24) is 9.97 Å². The van der Waals surface area contributed by atoms with E-state index in [1.54, 1.807) is 7.11 Å². The van der Waals surface area contributed by atoms with Gasteiger partial charge >= 0.3 is 0 Å². The molecule has 2 aromatic carbocycles. The summed E-state index contributed by atoms with van der Waals surface area (Å²) in [5, 5.41) is 4.11. The number of anilines is 2. The van der Waals surface area contributed by atoms with Crippen molar-refractivity contribution in [2.75, 3.05) is 31.4 Å². The number of amides is 1. The minimum Gasteiger partial charge on any atom is -0.473 e. The summed E-state index contributed by atoms with van der Waals surface area (Å²) in [6.07, 6.45) is 0. The zero-order chi connectivity index (χ0) is 19.1. The average Bonchev–Trinajstić information content (AvgIpc) is 3.23. The lowest BCUT2D eigenvalue weighted by atomic mass is 10.1. The van der Waals surface area contributed by atoms with Crippen molar-refractivity contribution in [2.24, 2.45) is 0 Å². The molecule has 0 spiro atoms. The van der Waals surface area contributed by atoms with Gasteiger partial charge in [0.05, 0.1) is 27.5 Å². The third-order valence-corrected chi connectivity index (χ3v) is 6.41. The molecule has 0 saturated carbocycles. The fraction of sp³-hybridized carbons (Fsp3) is 0.211. The maximum atomic E-state index is 12.7. The number of nitrogens with one attached hydrogen (secondary N) is 1. The summed E-state index contributed by atoms with van der Waals surface area (Å²) in [6, 6.07) is 9.52. The monoisotopic (exact) mass is 398 g/mol. The Bertz CT molecular complexity index is 1160. The number of thiazole rings is 2. The minimum atomic E-state index is -0.166. The molecule has 0 aliphatic rings. The molecule has 138 valence electrons. The highest BCUT2D eigenvalue weighted by Crippen LogP contribution is 2.38. The van der Waals surface area contributed by atoms with E-state index >= 15 is 0 Å². The van der Waals surface area contributed by atoms with Gasteiger partial charge in [-0.15, -0.1) is 0 Å². The van der Waals surface area contributed by atoms with Crippen molar-refractivity contribution in [3.05, 3.63) is 41.5 Å². The van der Waals surface area contributed by atoms with Crippen LogP contribution in [0.25, 0.3) is 20.4 Å². The van der Waals surface area contributed by atoms with E-state index in [4.69, 9.17) is 4.74 Å². The number of carbonyl (C=O) groups is 1. The molecule has 4 rings (SSSR count). The Hall–Kier alpha value is -2.71. The van der Waals surface area contributed by atoms with Crippen LogP contribution < -0.4 is 15.0 Å². The number of ether oxygens (including phenoxy) is 1. The number of rotatable bonds is 4. The van der Waals surface area contributed by atoms with Crippen molar-refractivity contribution in [1.29, 1.82) is 0 Å². The van der Waals surface area contributed by atoms with Gasteiger partial charge in [-0.25, -0.2) is 9.97 Å². The summed E-state index contributed by atoms with van der Waals surface area (Å²) in [5.74, 6) is -0.166. The van der Waals surface area contributed by atoms with Crippen LogP contribution in [0.2, 0.25) is 0 Å². The highest BCUT2D eigenvalue weighted by molar-refractivity contribution is 7.29. The summed E-state index contributed by atoms with van der Waals surface area (Å²) in [5.41, 5.74) is 4.47. The lowest BCUT2D eigenvalue weighted by Crippen LogP contribution is -2.14. The normalized spacial score (nSPS) is 11.1. The maximum Gasteiger partial charge on any atom is 0.274 e. The molecule has 27 heavy (non-hydrogen) atoms. The van der Waals surface area contributed by atoms with Gasteiger partial charge in [0.2, 0.25) is 0 Å². The summed E-state index contributed by atoms with van der Waals surface area (Å²) >= 11 is 2.93. The first kappa shape index (κ1) is 17.7. The average molecular weight is 399 g/mol. The van der Waals surface area contributed by atoms with E-state index in [2.05, 4.69) is 15.3 Å². The number of hydrogen-bond acceptors (Lipinski definition) is 7. The zero-order valence-electron chi connectivity index (χ0n) is 15.4. The van der Waals surface area contributed by atoms with E-state index in [9.17, 15) is 4.79 Å². The van der Waals surface area contributed by atoms with Gasteiger partial charge < -0.3 is 9.64 Å². The van der Waals surface area contributed by atoms with E-state index in [0.717, 1.165) is 31.7 Å². The van der Waals surface area contributed by atoms with Crippen LogP contribution in [0.15, 0.2) is 30.3 Å². The third kappa shape index (κ3) is 3.22. The summed E-state index contributed by atoms with van der Waals surface area (Å²) < 4.78 is 7.26. The zero-order valence-corrected chi connectivity index (χ0v) is 17.0. The highest BCUT2D eigenvalue weighted by Gasteiger charge is 2.15. The Labute approximate surface area is 164 Å². The predicted molar refractivity (Wildman–Crippen MR) is 113 cm³/mol. The number of fused-ring (bicyclic) bond motifs is 3. The SMILES string of the molecule is COc1nc2ccc3nc(NC(=O)c4ccc(N(C)C)c(C)c4)sc3c2s1. The van der Waals surface area contributed by atoms with Gasteiger partial charge in [-0.3, -0.25) is 10.1 Å². The molecular formula is C19H18N4O2S2. The van der Waals surface area contributed by atoms with E-state index in [1.807, 2.05) is 56.3 Å². The first-order valence-electron chi connectivity index (χ1n) is 8.29. The molecule has 0 saturated heterocycles. The van der Waals surface area contributed by atoms with Crippen LogP contribution >= 0.6 is 22.7 Å². The van der Waals surface area contributed by atoms with Crippen LogP contribution in [0.5, 0.6) is 5.19 Å². The molecule has 2 aromatic heterocycles. The van der Waals surface area contributed by atoms with Crippen LogP contribution in [-0.2, 0) is 0 Å². The van der Waals surface area contributed by atoms with Gasteiger partial charge in [0.1, 0.15) is 0 Å². The lowest BCUT2D eigenvalue weighted by Gasteiger charge is -2.16.